The molecule has 9 heteroatoms. The molecule has 134 valence electrons. The minimum Gasteiger partial charge on any atom is -0.464 e. The number of nitro benzene ring substituents is 1. The number of benzene rings is 1. The quantitative estimate of drug-likeness (QED) is 0.558. The molecule has 0 N–H and O–H groups in total. The van der Waals surface area contributed by atoms with Gasteiger partial charge in [-0.3, -0.25) is 10.1 Å². The van der Waals surface area contributed by atoms with E-state index >= 15 is 0 Å². The van der Waals surface area contributed by atoms with E-state index in [1.807, 2.05) is 6.07 Å². The zero-order valence-electron chi connectivity index (χ0n) is 13.7. The summed E-state index contributed by atoms with van der Waals surface area (Å²) in [6.07, 6.45) is 1.07. The van der Waals surface area contributed by atoms with Gasteiger partial charge in [0.15, 0.2) is 4.90 Å². The minimum atomic E-state index is -4.06. The lowest BCUT2D eigenvalue weighted by atomic mass is 10.3. The molecule has 0 amide bonds. The van der Waals surface area contributed by atoms with Crippen molar-refractivity contribution in [3.05, 3.63) is 57.0 Å². The summed E-state index contributed by atoms with van der Waals surface area (Å²) in [7, 11) is -2.71. The molecule has 1 fully saturated rings. The number of nitrogens with zero attached hydrogens (tertiary/aromatic N) is 2. The summed E-state index contributed by atoms with van der Waals surface area (Å²) >= 11 is 5.74. The molecule has 3 rings (SSSR count). The Labute approximate surface area is 150 Å². The average Bonchev–Trinajstić information content (AvgIpc) is 3.09. The lowest BCUT2D eigenvalue weighted by Gasteiger charge is -2.16. The van der Waals surface area contributed by atoms with E-state index < -0.39 is 25.5 Å². The second-order valence-corrected chi connectivity index (χ2v) is 8.70. The molecule has 1 heterocycles. The highest BCUT2D eigenvalue weighted by molar-refractivity contribution is 7.89. The topological polar surface area (TPSA) is 93.7 Å². The second kappa shape index (κ2) is 6.44. The molecule has 2 aromatic rings. The maximum Gasteiger partial charge on any atom is 0.290 e. The third-order valence-electron chi connectivity index (χ3n) is 4.34. The maximum absolute atomic E-state index is 12.7. The first-order valence-corrected chi connectivity index (χ1v) is 9.51. The fourth-order valence-electron chi connectivity index (χ4n) is 2.72. The van der Waals surface area contributed by atoms with Crippen LogP contribution in [0.4, 0.5) is 5.69 Å². The first-order chi connectivity index (χ1) is 11.7. The maximum atomic E-state index is 12.7. The molecule has 1 aliphatic carbocycles. The third kappa shape index (κ3) is 3.56. The van der Waals surface area contributed by atoms with Gasteiger partial charge in [0.05, 0.1) is 11.5 Å². The molecule has 1 aromatic carbocycles. The zero-order valence-corrected chi connectivity index (χ0v) is 15.2. The molecule has 1 aromatic heterocycles. The monoisotopic (exact) mass is 384 g/mol. The van der Waals surface area contributed by atoms with Gasteiger partial charge >= 0.3 is 0 Å². The van der Waals surface area contributed by atoms with Crippen LogP contribution in [-0.2, 0) is 16.6 Å². The Hall–Kier alpha value is -1.90. The fraction of sp³-hybridized carbons (Fsp3) is 0.375. The third-order valence-corrected chi connectivity index (χ3v) is 6.43. The van der Waals surface area contributed by atoms with Gasteiger partial charge in [-0.1, -0.05) is 18.5 Å². The number of halogens is 1. The average molecular weight is 385 g/mol. The van der Waals surface area contributed by atoms with E-state index in [1.54, 1.807) is 6.07 Å². The van der Waals surface area contributed by atoms with Crippen LogP contribution in [0.15, 0.2) is 39.6 Å². The standard InChI is InChI=1S/C16H17ClN2O5S/c1-10-7-13(10)15-5-4-12(24-15)9-18(2)25(22,23)16-6-3-11(17)8-14(16)19(20)21/h3-6,8,10,13H,7,9H2,1-2H3/t10-,13-/m1/s1. The Kier molecular flexibility index (Phi) is 4.61. The van der Waals surface area contributed by atoms with Gasteiger partial charge in [0, 0.05) is 24.1 Å². The van der Waals surface area contributed by atoms with E-state index in [1.165, 1.54) is 13.1 Å². The van der Waals surface area contributed by atoms with Crippen molar-refractivity contribution in [2.75, 3.05) is 7.05 Å². The Morgan fingerprint density at radius 3 is 2.64 bits per heavy atom. The molecule has 0 unspecified atom stereocenters. The highest BCUT2D eigenvalue weighted by Crippen LogP contribution is 2.47. The van der Waals surface area contributed by atoms with Crippen molar-refractivity contribution in [1.82, 2.24) is 4.31 Å². The summed E-state index contributed by atoms with van der Waals surface area (Å²) in [5.41, 5.74) is -0.550. The number of rotatable bonds is 6. The van der Waals surface area contributed by atoms with Crippen molar-refractivity contribution in [2.45, 2.75) is 30.7 Å². The van der Waals surface area contributed by atoms with Crippen LogP contribution in [0.1, 0.15) is 30.8 Å². The van der Waals surface area contributed by atoms with Crippen LogP contribution in [0.5, 0.6) is 0 Å². The molecule has 25 heavy (non-hydrogen) atoms. The molecule has 0 aliphatic heterocycles. The van der Waals surface area contributed by atoms with E-state index in [4.69, 9.17) is 16.0 Å². The first kappa shape index (κ1) is 17.9. The van der Waals surface area contributed by atoms with Crippen molar-refractivity contribution in [3.63, 3.8) is 0 Å². The molecule has 0 radical (unpaired) electrons. The summed E-state index contributed by atoms with van der Waals surface area (Å²) in [6, 6.07) is 7.08. The summed E-state index contributed by atoms with van der Waals surface area (Å²) in [5, 5.41) is 11.3. The highest BCUT2D eigenvalue weighted by Gasteiger charge is 2.37. The van der Waals surface area contributed by atoms with Crippen LogP contribution in [0.25, 0.3) is 0 Å². The second-order valence-electron chi connectivity index (χ2n) is 6.25. The number of nitro groups is 1. The number of hydrogen-bond acceptors (Lipinski definition) is 5. The number of furan rings is 1. The molecule has 1 aliphatic rings. The summed E-state index contributed by atoms with van der Waals surface area (Å²) in [5.74, 6) is 2.33. The summed E-state index contributed by atoms with van der Waals surface area (Å²) in [6.45, 7) is 2.12. The van der Waals surface area contributed by atoms with Gasteiger partial charge in [0.1, 0.15) is 11.5 Å². The first-order valence-electron chi connectivity index (χ1n) is 7.69. The highest BCUT2D eigenvalue weighted by atomic mass is 35.5. The van der Waals surface area contributed by atoms with Gasteiger partial charge < -0.3 is 4.42 Å². The Bertz CT molecular complexity index is 924. The largest absolute Gasteiger partial charge is 0.464 e. The molecule has 1 saturated carbocycles. The van der Waals surface area contributed by atoms with Crippen LogP contribution >= 0.6 is 11.6 Å². The van der Waals surface area contributed by atoms with Crippen LogP contribution in [0, 0.1) is 16.0 Å². The van der Waals surface area contributed by atoms with Gasteiger partial charge in [-0.2, -0.15) is 4.31 Å². The Balaban J connectivity index is 1.84. The molecule has 0 spiro atoms. The van der Waals surface area contributed by atoms with Gasteiger partial charge in [-0.15, -0.1) is 0 Å². The molecule has 0 saturated heterocycles. The van der Waals surface area contributed by atoms with Crippen LogP contribution in [0.2, 0.25) is 5.02 Å². The van der Waals surface area contributed by atoms with Crippen molar-refractivity contribution in [1.29, 1.82) is 0 Å². The Morgan fingerprint density at radius 1 is 1.36 bits per heavy atom. The van der Waals surface area contributed by atoms with Gasteiger partial charge in [0.25, 0.3) is 5.69 Å². The molecular weight excluding hydrogens is 368 g/mol. The molecule has 0 bridgehead atoms. The number of sulfonamides is 1. The zero-order chi connectivity index (χ0) is 18.4. The fourth-order valence-corrected chi connectivity index (χ4v) is 4.16. The van der Waals surface area contributed by atoms with E-state index in [0.717, 1.165) is 28.6 Å². The van der Waals surface area contributed by atoms with Gasteiger partial charge in [0.2, 0.25) is 10.0 Å². The Morgan fingerprint density at radius 2 is 2.04 bits per heavy atom. The SMILES string of the molecule is C[C@@H]1C[C@H]1c1ccc(CN(C)S(=O)(=O)c2ccc(Cl)cc2[N+](=O)[O-])o1. The lowest BCUT2D eigenvalue weighted by molar-refractivity contribution is -0.387. The smallest absolute Gasteiger partial charge is 0.290 e. The van der Waals surface area contributed by atoms with Crippen molar-refractivity contribution >= 4 is 27.3 Å². The van der Waals surface area contributed by atoms with Crippen LogP contribution in [0.3, 0.4) is 0 Å². The minimum absolute atomic E-state index is 0.0107. The van der Waals surface area contributed by atoms with Gasteiger partial charge in [-0.25, -0.2) is 8.42 Å². The van der Waals surface area contributed by atoms with E-state index in [9.17, 15) is 18.5 Å². The van der Waals surface area contributed by atoms with Crippen molar-refractivity contribution < 1.29 is 17.8 Å². The van der Waals surface area contributed by atoms with E-state index in [2.05, 4.69) is 6.92 Å². The molecular formula is C16H17ClN2O5S. The predicted octanol–water partition coefficient (Wildman–Crippen LogP) is 3.79. The van der Waals surface area contributed by atoms with Crippen molar-refractivity contribution in [2.24, 2.45) is 5.92 Å². The normalized spacial score (nSPS) is 20.0. The summed E-state index contributed by atoms with van der Waals surface area (Å²) < 4.78 is 32.2. The predicted molar refractivity (Wildman–Crippen MR) is 92.0 cm³/mol. The molecule has 2 atom stereocenters. The molecule has 7 nitrogen and oxygen atoms in total. The lowest BCUT2D eigenvalue weighted by Crippen LogP contribution is -2.27. The van der Waals surface area contributed by atoms with E-state index in [-0.39, 0.29) is 11.6 Å². The van der Waals surface area contributed by atoms with Crippen molar-refractivity contribution in [3.8, 4) is 0 Å². The van der Waals surface area contributed by atoms with Crippen LogP contribution in [-0.4, -0.2) is 24.7 Å². The van der Waals surface area contributed by atoms with Crippen LogP contribution < -0.4 is 0 Å². The van der Waals surface area contributed by atoms with Gasteiger partial charge in [-0.05, 0) is 36.6 Å². The summed E-state index contributed by atoms with van der Waals surface area (Å²) in [4.78, 5) is 10.0. The number of hydrogen-bond donors (Lipinski definition) is 0. The van der Waals surface area contributed by atoms with E-state index in [0.29, 0.717) is 17.6 Å².